The summed E-state index contributed by atoms with van der Waals surface area (Å²) in [6, 6.07) is 0. The number of nitrogens with zero attached hydrogens (tertiary/aromatic N) is 2. The molecular formula is C10H18N2O6S. The van der Waals surface area contributed by atoms with E-state index >= 15 is 0 Å². The standard InChI is InChI=1S/C10H18N2O6S/c1-11(8-10(14)15)9(13)2-7-19(16,17)12-3-5-18-6-4-12/h2-8H2,1H3,(H,14,15). The van der Waals surface area contributed by atoms with Gasteiger partial charge in [0.15, 0.2) is 0 Å². The molecule has 0 aromatic rings. The Morgan fingerprint density at radius 3 is 2.42 bits per heavy atom. The lowest BCUT2D eigenvalue weighted by atomic mass is 10.4. The van der Waals surface area contributed by atoms with Gasteiger partial charge in [0.05, 0.1) is 19.0 Å². The van der Waals surface area contributed by atoms with E-state index in [1.807, 2.05) is 0 Å². The van der Waals surface area contributed by atoms with E-state index in [-0.39, 0.29) is 12.2 Å². The quantitative estimate of drug-likeness (QED) is 0.645. The first-order chi connectivity index (χ1) is 8.83. The Morgan fingerprint density at radius 2 is 1.89 bits per heavy atom. The molecule has 9 heteroatoms. The van der Waals surface area contributed by atoms with E-state index in [2.05, 4.69) is 0 Å². The number of likely N-dealkylation sites (N-methyl/N-ethyl adjacent to an activating group) is 1. The van der Waals surface area contributed by atoms with Crippen LogP contribution < -0.4 is 0 Å². The first-order valence-electron chi connectivity index (χ1n) is 5.84. The molecular weight excluding hydrogens is 276 g/mol. The lowest BCUT2D eigenvalue weighted by Crippen LogP contribution is -2.42. The highest BCUT2D eigenvalue weighted by Crippen LogP contribution is 2.07. The summed E-state index contributed by atoms with van der Waals surface area (Å²) in [6.07, 6.45) is -0.219. The largest absolute Gasteiger partial charge is 0.480 e. The van der Waals surface area contributed by atoms with Crippen molar-refractivity contribution >= 4 is 21.9 Å². The van der Waals surface area contributed by atoms with Crippen molar-refractivity contribution in [1.82, 2.24) is 9.21 Å². The Labute approximate surface area is 112 Å². The molecule has 1 amide bonds. The Balaban J connectivity index is 2.46. The average molecular weight is 294 g/mol. The molecule has 0 atom stereocenters. The molecule has 0 saturated carbocycles. The van der Waals surface area contributed by atoms with Crippen molar-refractivity contribution in [2.45, 2.75) is 6.42 Å². The van der Waals surface area contributed by atoms with Crippen LogP contribution in [0.25, 0.3) is 0 Å². The fraction of sp³-hybridized carbons (Fsp3) is 0.800. The van der Waals surface area contributed by atoms with E-state index in [1.54, 1.807) is 0 Å². The number of carboxylic acids is 1. The van der Waals surface area contributed by atoms with Crippen LogP contribution in [0.1, 0.15) is 6.42 Å². The predicted octanol–water partition coefficient (Wildman–Crippen LogP) is -1.42. The number of hydrogen-bond acceptors (Lipinski definition) is 5. The highest BCUT2D eigenvalue weighted by atomic mass is 32.2. The zero-order valence-electron chi connectivity index (χ0n) is 10.7. The van der Waals surface area contributed by atoms with Crippen LogP contribution >= 0.6 is 0 Å². The lowest BCUT2D eigenvalue weighted by Gasteiger charge is -2.26. The van der Waals surface area contributed by atoms with Crippen molar-refractivity contribution < 1.29 is 27.9 Å². The molecule has 0 aromatic heterocycles. The number of amides is 1. The monoisotopic (exact) mass is 294 g/mol. The fourth-order valence-electron chi connectivity index (χ4n) is 1.65. The third-order valence-corrected chi connectivity index (χ3v) is 4.61. The summed E-state index contributed by atoms with van der Waals surface area (Å²) in [5.74, 6) is -1.94. The molecule has 0 radical (unpaired) electrons. The van der Waals surface area contributed by atoms with Crippen LogP contribution in [0, 0.1) is 0 Å². The maximum absolute atomic E-state index is 11.9. The molecule has 1 heterocycles. The van der Waals surface area contributed by atoms with Gasteiger partial charge in [-0.1, -0.05) is 0 Å². The minimum Gasteiger partial charge on any atom is -0.480 e. The van der Waals surface area contributed by atoms with Gasteiger partial charge in [0, 0.05) is 26.6 Å². The van der Waals surface area contributed by atoms with Crippen molar-refractivity contribution in [2.24, 2.45) is 0 Å². The predicted molar refractivity (Wildman–Crippen MR) is 66.1 cm³/mol. The Kier molecular flexibility index (Phi) is 5.70. The molecule has 1 aliphatic rings. The first-order valence-corrected chi connectivity index (χ1v) is 7.45. The van der Waals surface area contributed by atoms with Crippen LogP contribution in [-0.2, 0) is 24.3 Å². The number of hydrogen-bond donors (Lipinski definition) is 1. The summed E-state index contributed by atoms with van der Waals surface area (Å²) < 4.78 is 30.2. The van der Waals surface area contributed by atoms with Gasteiger partial charge in [-0.25, -0.2) is 8.42 Å². The van der Waals surface area contributed by atoms with Crippen molar-refractivity contribution in [3.63, 3.8) is 0 Å². The van der Waals surface area contributed by atoms with Gasteiger partial charge in [0.2, 0.25) is 15.9 Å². The van der Waals surface area contributed by atoms with Gasteiger partial charge in [-0.3, -0.25) is 9.59 Å². The van der Waals surface area contributed by atoms with Crippen LogP contribution in [0.4, 0.5) is 0 Å². The second kappa shape index (κ2) is 6.83. The van der Waals surface area contributed by atoms with Crippen molar-refractivity contribution in [2.75, 3.05) is 45.6 Å². The van der Waals surface area contributed by atoms with E-state index in [9.17, 15) is 18.0 Å². The Hall–Kier alpha value is -1.19. The van der Waals surface area contributed by atoms with Gasteiger partial charge in [0.25, 0.3) is 0 Å². The number of aliphatic carboxylic acids is 1. The van der Waals surface area contributed by atoms with Crippen LogP contribution in [0.2, 0.25) is 0 Å². The SMILES string of the molecule is CN(CC(=O)O)C(=O)CCS(=O)(=O)N1CCOCC1. The molecule has 0 aromatic carbocycles. The van der Waals surface area contributed by atoms with Gasteiger partial charge in [0.1, 0.15) is 6.54 Å². The van der Waals surface area contributed by atoms with Crippen LogP contribution in [0.15, 0.2) is 0 Å². The molecule has 0 spiro atoms. The number of carbonyl (C=O) groups is 2. The Bertz CT molecular complexity index is 429. The second-order valence-corrected chi connectivity index (χ2v) is 6.31. The molecule has 8 nitrogen and oxygen atoms in total. The summed E-state index contributed by atoms with van der Waals surface area (Å²) in [7, 11) is -2.15. The summed E-state index contributed by atoms with van der Waals surface area (Å²) >= 11 is 0. The molecule has 1 N–H and O–H groups in total. The first kappa shape index (κ1) is 15.9. The highest BCUT2D eigenvalue weighted by Gasteiger charge is 2.25. The average Bonchev–Trinajstić information content (AvgIpc) is 2.36. The molecule has 19 heavy (non-hydrogen) atoms. The molecule has 0 unspecified atom stereocenters. The van der Waals surface area contributed by atoms with Gasteiger partial charge in [-0.2, -0.15) is 4.31 Å². The number of rotatable bonds is 6. The van der Waals surface area contributed by atoms with E-state index in [0.29, 0.717) is 26.3 Å². The summed E-state index contributed by atoms with van der Waals surface area (Å²) in [5, 5.41) is 8.53. The molecule has 0 aliphatic carbocycles. The maximum atomic E-state index is 11.9. The van der Waals surface area contributed by atoms with E-state index < -0.39 is 28.4 Å². The van der Waals surface area contributed by atoms with Crippen molar-refractivity contribution in [3.05, 3.63) is 0 Å². The van der Waals surface area contributed by atoms with Gasteiger partial charge < -0.3 is 14.7 Å². The van der Waals surface area contributed by atoms with Gasteiger partial charge >= 0.3 is 5.97 Å². The van der Waals surface area contributed by atoms with Crippen molar-refractivity contribution in [3.8, 4) is 0 Å². The molecule has 1 fully saturated rings. The number of carbonyl (C=O) groups excluding carboxylic acids is 1. The minimum atomic E-state index is -3.48. The number of sulfonamides is 1. The molecule has 1 rings (SSSR count). The smallest absolute Gasteiger partial charge is 0.323 e. The molecule has 0 bridgehead atoms. The summed E-state index contributed by atoms with van der Waals surface area (Å²) in [6.45, 7) is 0.859. The minimum absolute atomic E-state index is 0.219. The van der Waals surface area contributed by atoms with Gasteiger partial charge in [-0.15, -0.1) is 0 Å². The number of carboxylic acid groups (broad SMARTS) is 1. The molecule has 1 saturated heterocycles. The number of ether oxygens (including phenoxy) is 1. The van der Waals surface area contributed by atoms with Crippen LogP contribution in [-0.4, -0.2) is 80.3 Å². The molecule has 1 aliphatic heterocycles. The van der Waals surface area contributed by atoms with Crippen LogP contribution in [0.5, 0.6) is 0 Å². The van der Waals surface area contributed by atoms with E-state index in [4.69, 9.17) is 9.84 Å². The summed E-state index contributed by atoms with van der Waals surface area (Å²) in [4.78, 5) is 23.0. The Morgan fingerprint density at radius 1 is 1.32 bits per heavy atom. The van der Waals surface area contributed by atoms with Crippen molar-refractivity contribution in [1.29, 1.82) is 0 Å². The number of morpholine rings is 1. The zero-order chi connectivity index (χ0) is 14.5. The third kappa shape index (κ3) is 5.13. The van der Waals surface area contributed by atoms with Gasteiger partial charge in [-0.05, 0) is 0 Å². The third-order valence-electron chi connectivity index (χ3n) is 2.74. The van der Waals surface area contributed by atoms with E-state index in [0.717, 1.165) is 4.90 Å². The zero-order valence-corrected chi connectivity index (χ0v) is 11.6. The topological polar surface area (TPSA) is 104 Å². The van der Waals surface area contributed by atoms with Crippen LogP contribution in [0.3, 0.4) is 0 Å². The molecule has 110 valence electrons. The normalized spacial score (nSPS) is 17.1. The summed E-state index contributed by atoms with van der Waals surface area (Å²) in [5.41, 5.74) is 0. The fourth-order valence-corrected chi connectivity index (χ4v) is 3.05. The highest BCUT2D eigenvalue weighted by molar-refractivity contribution is 7.89. The maximum Gasteiger partial charge on any atom is 0.323 e. The lowest BCUT2D eigenvalue weighted by molar-refractivity contribution is -0.143. The van der Waals surface area contributed by atoms with E-state index in [1.165, 1.54) is 11.4 Å². The second-order valence-electron chi connectivity index (χ2n) is 4.22.